The van der Waals surface area contributed by atoms with E-state index >= 15 is 0 Å². The third-order valence-electron chi connectivity index (χ3n) is 5.03. The molecule has 0 aromatic heterocycles. The monoisotopic (exact) mass is 413 g/mol. The van der Waals surface area contributed by atoms with Crippen LogP contribution < -0.4 is 9.73 Å². The van der Waals surface area contributed by atoms with Gasteiger partial charge in [0.15, 0.2) is 0 Å². The highest BCUT2D eigenvalue weighted by Gasteiger charge is 2.28. The Balaban J connectivity index is 1.90. The lowest BCUT2D eigenvalue weighted by Crippen LogP contribution is -2.40. The summed E-state index contributed by atoms with van der Waals surface area (Å²) in [6, 6.07) is 15.4. The second-order valence-electron chi connectivity index (χ2n) is 7.08. The SMILES string of the molecule is CCc1ccccc1N(CC(=O)NN=C1CCCCC1)S(=O)(=O)c1ccccc1. The number of rotatable bonds is 7. The van der Waals surface area contributed by atoms with Crippen molar-refractivity contribution in [2.75, 3.05) is 10.8 Å². The Labute approximate surface area is 172 Å². The highest BCUT2D eigenvalue weighted by molar-refractivity contribution is 7.92. The normalized spacial score (nSPS) is 14.3. The quantitative estimate of drug-likeness (QED) is 0.700. The molecular weight excluding hydrogens is 386 g/mol. The third-order valence-corrected chi connectivity index (χ3v) is 6.80. The maximum atomic E-state index is 13.4. The van der Waals surface area contributed by atoms with Gasteiger partial charge in [-0.05, 0) is 55.9 Å². The van der Waals surface area contributed by atoms with Crippen molar-refractivity contribution < 1.29 is 13.2 Å². The number of para-hydroxylation sites is 1. The van der Waals surface area contributed by atoms with Gasteiger partial charge in [-0.25, -0.2) is 13.8 Å². The summed E-state index contributed by atoms with van der Waals surface area (Å²) in [4.78, 5) is 12.8. The van der Waals surface area contributed by atoms with E-state index < -0.39 is 15.9 Å². The number of hydrogen-bond donors (Lipinski definition) is 1. The molecule has 154 valence electrons. The second kappa shape index (κ2) is 9.69. The molecule has 0 unspecified atom stereocenters. The van der Waals surface area contributed by atoms with Gasteiger partial charge < -0.3 is 0 Å². The van der Waals surface area contributed by atoms with Gasteiger partial charge in [-0.3, -0.25) is 9.10 Å². The van der Waals surface area contributed by atoms with E-state index in [0.29, 0.717) is 12.1 Å². The maximum absolute atomic E-state index is 13.4. The summed E-state index contributed by atoms with van der Waals surface area (Å²) in [5.74, 6) is -0.450. The van der Waals surface area contributed by atoms with Gasteiger partial charge >= 0.3 is 0 Å². The first-order valence-electron chi connectivity index (χ1n) is 10.0. The van der Waals surface area contributed by atoms with E-state index in [1.54, 1.807) is 30.3 Å². The lowest BCUT2D eigenvalue weighted by atomic mass is 9.99. The van der Waals surface area contributed by atoms with E-state index in [-0.39, 0.29) is 11.4 Å². The van der Waals surface area contributed by atoms with Gasteiger partial charge in [-0.1, -0.05) is 49.7 Å². The summed E-state index contributed by atoms with van der Waals surface area (Å²) < 4.78 is 27.9. The molecule has 0 heterocycles. The molecule has 0 atom stereocenters. The van der Waals surface area contributed by atoms with E-state index in [1.165, 1.54) is 22.9 Å². The largest absolute Gasteiger partial charge is 0.271 e. The van der Waals surface area contributed by atoms with Crippen LogP contribution in [-0.2, 0) is 21.2 Å². The van der Waals surface area contributed by atoms with Gasteiger partial charge in [0.25, 0.3) is 15.9 Å². The van der Waals surface area contributed by atoms with Crippen molar-refractivity contribution in [3.05, 3.63) is 60.2 Å². The molecule has 7 heteroatoms. The minimum Gasteiger partial charge on any atom is -0.271 e. The number of nitrogens with one attached hydrogen (secondary N) is 1. The number of hydrogen-bond acceptors (Lipinski definition) is 4. The zero-order valence-corrected chi connectivity index (χ0v) is 17.5. The van der Waals surface area contributed by atoms with E-state index in [9.17, 15) is 13.2 Å². The Hall–Kier alpha value is -2.67. The summed E-state index contributed by atoms with van der Waals surface area (Å²) in [6.07, 6.45) is 5.75. The number of aryl methyl sites for hydroxylation is 1. The number of nitrogens with zero attached hydrogens (tertiary/aromatic N) is 2. The number of anilines is 1. The molecule has 6 nitrogen and oxygen atoms in total. The average molecular weight is 414 g/mol. The Morgan fingerprint density at radius 1 is 1.00 bits per heavy atom. The molecule has 2 aromatic rings. The number of hydrazone groups is 1. The average Bonchev–Trinajstić information content (AvgIpc) is 2.77. The van der Waals surface area contributed by atoms with Crippen molar-refractivity contribution in [3.8, 4) is 0 Å². The van der Waals surface area contributed by atoms with Crippen LogP contribution in [0.1, 0.15) is 44.6 Å². The Bertz CT molecular complexity index is 964. The summed E-state index contributed by atoms with van der Waals surface area (Å²) in [5, 5.41) is 4.22. The fourth-order valence-corrected chi connectivity index (χ4v) is 4.93. The molecule has 29 heavy (non-hydrogen) atoms. The molecule has 0 saturated heterocycles. The van der Waals surface area contributed by atoms with Crippen LogP contribution in [0, 0.1) is 0 Å². The van der Waals surface area contributed by atoms with Crippen LogP contribution >= 0.6 is 0 Å². The van der Waals surface area contributed by atoms with E-state index in [4.69, 9.17) is 0 Å². The van der Waals surface area contributed by atoms with Crippen molar-refractivity contribution in [2.45, 2.75) is 50.3 Å². The van der Waals surface area contributed by atoms with E-state index in [2.05, 4.69) is 10.5 Å². The third kappa shape index (κ3) is 5.23. The number of sulfonamides is 1. The number of benzene rings is 2. The molecule has 0 radical (unpaired) electrons. The first-order chi connectivity index (χ1) is 14.0. The fraction of sp³-hybridized carbons (Fsp3) is 0.364. The standard InChI is InChI=1S/C22H27N3O3S/c1-2-18-11-9-10-16-21(18)25(29(27,28)20-14-7-4-8-15-20)17-22(26)24-23-19-12-5-3-6-13-19/h4,7-11,14-16H,2-3,5-6,12-13,17H2,1H3,(H,24,26). The topological polar surface area (TPSA) is 78.8 Å². The molecule has 1 amide bonds. The first-order valence-corrected chi connectivity index (χ1v) is 11.5. The molecule has 1 aliphatic rings. The summed E-state index contributed by atoms with van der Waals surface area (Å²) in [5.41, 5.74) is 4.90. The number of carbonyl (C=O) groups is 1. The fourth-order valence-electron chi connectivity index (χ4n) is 3.45. The zero-order valence-electron chi connectivity index (χ0n) is 16.7. The highest BCUT2D eigenvalue weighted by atomic mass is 32.2. The highest BCUT2D eigenvalue weighted by Crippen LogP contribution is 2.27. The molecule has 0 bridgehead atoms. The first kappa shape index (κ1) is 21.0. The molecule has 1 saturated carbocycles. The minimum absolute atomic E-state index is 0.150. The Morgan fingerprint density at radius 3 is 2.34 bits per heavy atom. The van der Waals surface area contributed by atoms with Crippen molar-refractivity contribution >= 4 is 27.3 Å². The Morgan fingerprint density at radius 2 is 1.66 bits per heavy atom. The van der Waals surface area contributed by atoms with Gasteiger partial charge in [0.2, 0.25) is 0 Å². The van der Waals surface area contributed by atoms with Gasteiger partial charge in [0.05, 0.1) is 10.6 Å². The zero-order chi connectivity index (χ0) is 20.7. The van der Waals surface area contributed by atoms with Crippen molar-refractivity contribution in [1.29, 1.82) is 0 Å². The Kier molecular flexibility index (Phi) is 7.04. The van der Waals surface area contributed by atoms with Crippen molar-refractivity contribution in [1.82, 2.24) is 5.43 Å². The van der Waals surface area contributed by atoms with Gasteiger partial charge in [-0.15, -0.1) is 0 Å². The minimum atomic E-state index is -3.90. The van der Waals surface area contributed by atoms with E-state index in [1.807, 2.05) is 19.1 Å². The van der Waals surface area contributed by atoms with E-state index in [0.717, 1.165) is 37.0 Å². The van der Waals surface area contributed by atoms with Crippen LogP contribution in [0.3, 0.4) is 0 Å². The van der Waals surface area contributed by atoms with Crippen molar-refractivity contribution in [3.63, 3.8) is 0 Å². The summed E-state index contributed by atoms with van der Waals surface area (Å²) in [6.45, 7) is 1.63. The molecule has 3 rings (SSSR count). The predicted molar refractivity (Wildman–Crippen MR) is 115 cm³/mol. The lowest BCUT2D eigenvalue weighted by Gasteiger charge is -2.26. The molecular formula is C22H27N3O3S. The molecule has 0 aliphatic heterocycles. The molecule has 1 aliphatic carbocycles. The van der Waals surface area contributed by atoms with Crippen LogP contribution in [0.5, 0.6) is 0 Å². The molecule has 0 spiro atoms. The summed E-state index contributed by atoms with van der Waals surface area (Å²) >= 11 is 0. The summed E-state index contributed by atoms with van der Waals surface area (Å²) in [7, 11) is -3.90. The maximum Gasteiger partial charge on any atom is 0.264 e. The van der Waals surface area contributed by atoms with Gasteiger partial charge in [-0.2, -0.15) is 5.10 Å². The van der Waals surface area contributed by atoms with Gasteiger partial charge in [0.1, 0.15) is 6.54 Å². The van der Waals surface area contributed by atoms with Crippen LogP contribution in [0.2, 0.25) is 0 Å². The molecule has 2 aromatic carbocycles. The van der Waals surface area contributed by atoms with Gasteiger partial charge in [0, 0.05) is 5.71 Å². The van der Waals surface area contributed by atoms with Crippen molar-refractivity contribution in [2.24, 2.45) is 5.10 Å². The van der Waals surface area contributed by atoms with Crippen LogP contribution in [0.25, 0.3) is 0 Å². The second-order valence-corrected chi connectivity index (χ2v) is 8.94. The lowest BCUT2D eigenvalue weighted by molar-refractivity contribution is -0.119. The predicted octanol–water partition coefficient (Wildman–Crippen LogP) is 3.88. The van der Waals surface area contributed by atoms with Crippen LogP contribution in [-0.4, -0.2) is 26.6 Å². The van der Waals surface area contributed by atoms with Crippen LogP contribution in [0.15, 0.2) is 64.6 Å². The van der Waals surface area contributed by atoms with Crippen LogP contribution in [0.4, 0.5) is 5.69 Å². The number of carbonyl (C=O) groups excluding carboxylic acids is 1. The molecule has 1 N–H and O–H groups in total. The number of amides is 1. The molecule has 1 fully saturated rings. The smallest absolute Gasteiger partial charge is 0.264 e.